The summed E-state index contributed by atoms with van der Waals surface area (Å²) in [5, 5.41) is 3.56. The molecule has 26 heavy (non-hydrogen) atoms. The molecule has 2 aromatic rings. The van der Waals surface area contributed by atoms with Gasteiger partial charge in [0.25, 0.3) is 11.8 Å². The zero-order valence-corrected chi connectivity index (χ0v) is 16.6. The van der Waals surface area contributed by atoms with E-state index >= 15 is 0 Å². The van der Waals surface area contributed by atoms with E-state index in [1.807, 2.05) is 32.9 Å². The molecular formula is C20H21ClN2O2S. The summed E-state index contributed by atoms with van der Waals surface area (Å²) in [5.74, 6) is 0.589. The van der Waals surface area contributed by atoms with Gasteiger partial charge < -0.3 is 10.2 Å². The summed E-state index contributed by atoms with van der Waals surface area (Å²) in [6.07, 6.45) is 0. The van der Waals surface area contributed by atoms with E-state index in [1.165, 1.54) is 0 Å². The summed E-state index contributed by atoms with van der Waals surface area (Å²) in [6.45, 7) is 6.42. The Morgan fingerprint density at radius 3 is 2.38 bits per heavy atom. The number of carbonyl (C=O) groups excluding carboxylic acids is 2. The van der Waals surface area contributed by atoms with Crippen LogP contribution in [0.4, 0.5) is 5.69 Å². The lowest BCUT2D eigenvalue weighted by molar-refractivity contribution is 0.0917. The average molecular weight is 389 g/mol. The smallest absolute Gasteiger partial charge is 0.258 e. The van der Waals surface area contributed by atoms with Crippen molar-refractivity contribution >= 4 is 40.9 Å². The van der Waals surface area contributed by atoms with Gasteiger partial charge in [-0.2, -0.15) is 0 Å². The van der Waals surface area contributed by atoms with Gasteiger partial charge >= 0.3 is 0 Å². The zero-order valence-electron chi connectivity index (χ0n) is 15.0. The number of thioether (sulfide) groups is 1. The van der Waals surface area contributed by atoms with Crippen LogP contribution in [0.2, 0.25) is 5.02 Å². The fourth-order valence-electron chi connectivity index (χ4n) is 2.73. The first-order chi connectivity index (χ1) is 12.2. The van der Waals surface area contributed by atoms with Crippen LogP contribution in [0.3, 0.4) is 0 Å². The lowest BCUT2D eigenvalue weighted by atomic mass is 10.1. The molecule has 1 aliphatic heterocycles. The van der Waals surface area contributed by atoms with Gasteiger partial charge in [-0.1, -0.05) is 11.6 Å². The molecular weight excluding hydrogens is 368 g/mol. The predicted octanol–water partition coefficient (Wildman–Crippen LogP) is 4.62. The van der Waals surface area contributed by atoms with Gasteiger partial charge in [0.05, 0.1) is 5.69 Å². The maximum atomic E-state index is 13.0. The summed E-state index contributed by atoms with van der Waals surface area (Å²) in [5.41, 5.74) is 1.59. The number of carbonyl (C=O) groups is 2. The second-order valence-corrected chi connectivity index (χ2v) is 8.77. The van der Waals surface area contributed by atoms with Crippen molar-refractivity contribution in [3.05, 3.63) is 58.6 Å². The fraction of sp³-hybridized carbons (Fsp3) is 0.300. The Hall–Kier alpha value is -1.98. The second-order valence-electron chi connectivity index (χ2n) is 7.20. The maximum absolute atomic E-state index is 13.0. The molecule has 0 spiro atoms. The Labute approximate surface area is 162 Å². The first-order valence-corrected chi connectivity index (χ1v) is 9.78. The van der Waals surface area contributed by atoms with E-state index in [4.69, 9.17) is 11.6 Å². The first kappa shape index (κ1) is 18.8. The van der Waals surface area contributed by atoms with Gasteiger partial charge in [0, 0.05) is 38.9 Å². The summed E-state index contributed by atoms with van der Waals surface area (Å²) >= 11 is 7.61. The molecule has 6 heteroatoms. The number of hydrogen-bond acceptors (Lipinski definition) is 3. The molecule has 0 atom stereocenters. The van der Waals surface area contributed by atoms with E-state index in [0.29, 0.717) is 22.7 Å². The number of nitrogens with one attached hydrogen (secondary N) is 1. The Balaban J connectivity index is 1.92. The molecule has 1 heterocycles. The minimum Gasteiger partial charge on any atom is -0.347 e. The molecule has 0 aliphatic carbocycles. The third kappa shape index (κ3) is 4.22. The highest BCUT2D eigenvalue weighted by molar-refractivity contribution is 7.99. The molecule has 0 radical (unpaired) electrons. The SMILES string of the molecule is CC(C)(C)NC(=O)c1ccc2c(c1)N(C(=O)c1ccc(Cl)cc1)CCS2. The molecule has 2 amide bonds. The molecule has 3 rings (SSSR count). The van der Waals surface area contributed by atoms with Crippen molar-refractivity contribution in [2.24, 2.45) is 0 Å². The summed E-state index contributed by atoms with van der Waals surface area (Å²) < 4.78 is 0. The Kier molecular flexibility index (Phi) is 5.30. The molecule has 1 N–H and O–H groups in total. The molecule has 0 aromatic heterocycles. The predicted molar refractivity (Wildman–Crippen MR) is 108 cm³/mol. The molecule has 0 unspecified atom stereocenters. The number of rotatable bonds is 2. The zero-order chi connectivity index (χ0) is 18.9. The Morgan fingerprint density at radius 2 is 1.73 bits per heavy atom. The van der Waals surface area contributed by atoms with Gasteiger partial charge in [-0.3, -0.25) is 9.59 Å². The lowest BCUT2D eigenvalue weighted by Gasteiger charge is -2.30. The van der Waals surface area contributed by atoms with E-state index in [2.05, 4.69) is 5.32 Å². The number of benzene rings is 2. The van der Waals surface area contributed by atoms with Crippen LogP contribution in [-0.2, 0) is 0 Å². The van der Waals surface area contributed by atoms with Gasteiger partial charge in [0.2, 0.25) is 0 Å². The highest BCUT2D eigenvalue weighted by atomic mass is 35.5. The number of hydrogen-bond donors (Lipinski definition) is 1. The van der Waals surface area contributed by atoms with Crippen LogP contribution in [0.1, 0.15) is 41.5 Å². The average Bonchev–Trinajstić information content (AvgIpc) is 2.59. The third-order valence-corrected chi connectivity index (χ3v) is 5.20. The van der Waals surface area contributed by atoms with Gasteiger partial charge in [0.15, 0.2) is 0 Å². The van der Waals surface area contributed by atoms with Crippen LogP contribution in [0, 0.1) is 0 Å². The second kappa shape index (κ2) is 7.33. The molecule has 0 saturated carbocycles. The van der Waals surface area contributed by atoms with Crippen LogP contribution in [0.25, 0.3) is 0 Å². The number of fused-ring (bicyclic) bond motifs is 1. The largest absolute Gasteiger partial charge is 0.347 e. The van der Waals surface area contributed by atoms with Crippen LogP contribution in [-0.4, -0.2) is 29.7 Å². The quantitative estimate of drug-likeness (QED) is 0.816. The van der Waals surface area contributed by atoms with Crippen LogP contribution in [0.5, 0.6) is 0 Å². The standard InChI is InChI=1S/C20H21ClN2O2S/c1-20(2,3)22-18(24)14-6-9-17-16(12-14)23(10-11-26-17)19(25)13-4-7-15(21)8-5-13/h4-9,12H,10-11H2,1-3H3,(H,22,24). The van der Waals surface area contributed by atoms with E-state index in [-0.39, 0.29) is 17.4 Å². The number of anilines is 1. The molecule has 0 bridgehead atoms. The van der Waals surface area contributed by atoms with Gasteiger partial charge in [-0.05, 0) is 63.2 Å². The minimum atomic E-state index is -0.319. The van der Waals surface area contributed by atoms with Crippen molar-refractivity contribution in [1.29, 1.82) is 0 Å². The van der Waals surface area contributed by atoms with Crippen LogP contribution >= 0.6 is 23.4 Å². The van der Waals surface area contributed by atoms with Gasteiger partial charge in [-0.25, -0.2) is 0 Å². The Morgan fingerprint density at radius 1 is 1.08 bits per heavy atom. The van der Waals surface area contributed by atoms with Crippen molar-refractivity contribution in [2.45, 2.75) is 31.2 Å². The van der Waals surface area contributed by atoms with Gasteiger partial charge in [-0.15, -0.1) is 11.8 Å². The highest BCUT2D eigenvalue weighted by Crippen LogP contribution is 2.36. The lowest BCUT2D eigenvalue weighted by Crippen LogP contribution is -2.41. The summed E-state index contributed by atoms with van der Waals surface area (Å²) in [4.78, 5) is 28.2. The van der Waals surface area contributed by atoms with E-state index in [1.54, 1.807) is 47.0 Å². The monoisotopic (exact) mass is 388 g/mol. The molecule has 136 valence electrons. The Bertz CT molecular complexity index is 844. The van der Waals surface area contributed by atoms with Crippen LogP contribution < -0.4 is 10.2 Å². The molecule has 4 nitrogen and oxygen atoms in total. The van der Waals surface area contributed by atoms with Crippen LogP contribution in [0.15, 0.2) is 47.4 Å². The molecule has 0 fully saturated rings. The maximum Gasteiger partial charge on any atom is 0.258 e. The van der Waals surface area contributed by atoms with Crippen molar-refractivity contribution in [1.82, 2.24) is 5.32 Å². The minimum absolute atomic E-state index is 0.0865. The highest BCUT2D eigenvalue weighted by Gasteiger charge is 2.26. The van der Waals surface area contributed by atoms with Crippen molar-refractivity contribution in [3.63, 3.8) is 0 Å². The normalized spacial score (nSPS) is 13.9. The van der Waals surface area contributed by atoms with Crippen molar-refractivity contribution in [3.8, 4) is 0 Å². The molecule has 0 saturated heterocycles. The van der Waals surface area contributed by atoms with E-state index in [0.717, 1.165) is 16.3 Å². The first-order valence-electron chi connectivity index (χ1n) is 8.41. The van der Waals surface area contributed by atoms with Gasteiger partial charge in [0.1, 0.15) is 0 Å². The number of nitrogens with zero attached hydrogens (tertiary/aromatic N) is 1. The molecule has 1 aliphatic rings. The van der Waals surface area contributed by atoms with Crippen molar-refractivity contribution < 1.29 is 9.59 Å². The van der Waals surface area contributed by atoms with Crippen molar-refractivity contribution in [2.75, 3.05) is 17.2 Å². The summed E-state index contributed by atoms with van der Waals surface area (Å²) in [7, 11) is 0. The summed E-state index contributed by atoms with van der Waals surface area (Å²) in [6, 6.07) is 12.4. The third-order valence-electron chi connectivity index (χ3n) is 3.91. The molecule has 2 aromatic carbocycles. The van der Waals surface area contributed by atoms with E-state index in [9.17, 15) is 9.59 Å². The number of halogens is 1. The number of amides is 2. The fourth-order valence-corrected chi connectivity index (χ4v) is 3.83. The van der Waals surface area contributed by atoms with E-state index < -0.39 is 0 Å². The topological polar surface area (TPSA) is 49.4 Å².